The molecule has 0 aromatic carbocycles. The largest absolute Gasteiger partial charge is 0.378 e. The summed E-state index contributed by atoms with van der Waals surface area (Å²) in [6, 6.07) is 0. The number of hydrogen-bond acceptors (Lipinski definition) is 4. The van der Waals surface area contributed by atoms with E-state index in [-0.39, 0.29) is 42.0 Å². The molecule has 4 atom stereocenters. The molecule has 1 aliphatic carbocycles. The molecule has 1 saturated heterocycles. The second-order valence-electron chi connectivity index (χ2n) is 7.03. The van der Waals surface area contributed by atoms with Gasteiger partial charge >= 0.3 is 0 Å². The molecule has 1 saturated carbocycles. The van der Waals surface area contributed by atoms with Crippen LogP contribution in [-0.4, -0.2) is 54.4 Å². The SMILES string of the molecule is CCOC1CC(N)(C(=O)N2CC(C)OC(CC)C2)C1(C)C.Cl. The number of morpholine rings is 1. The molecule has 0 spiro atoms. The molecule has 2 rings (SSSR count). The van der Waals surface area contributed by atoms with Crippen LogP contribution in [0.25, 0.3) is 0 Å². The van der Waals surface area contributed by atoms with E-state index in [9.17, 15) is 4.79 Å². The average Bonchev–Trinajstić information content (AvgIpc) is 2.45. The Morgan fingerprint density at radius 3 is 2.50 bits per heavy atom. The van der Waals surface area contributed by atoms with Crippen molar-refractivity contribution < 1.29 is 14.3 Å². The number of carbonyl (C=O) groups excluding carboxylic acids is 1. The molecule has 4 unspecified atom stereocenters. The van der Waals surface area contributed by atoms with E-state index in [4.69, 9.17) is 15.2 Å². The lowest BCUT2D eigenvalue weighted by atomic mass is 9.54. The number of nitrogens with zero attached hydrogens (tertiary/aromatic N) is 1. The number of hydrogen-bond donors (Lipinski definition) is 1. The number of carbonyl (C=O) groups is 1. The second-order valence-corrected chi connectivity index (χ2v) is 7.03. The summed E-state index contributed by atoms with van der Waals surface area (Å²) in [6.07, 6.45) is 1.78. The van der Waals surface area contributed by atoms with Gasteiger partial charge in [0, 0.05) is 31.5 Å². The normalized spacial score (nSPS) is 37.2. The predicted octanol–water partition coefficient (Wildman–Crippen LogP) is 1.97. The van der Waals surface area contributed by atoms with Crippen LogP contribution in [0.3, 0.4) is 0 Å². The van der Waals surface area contributed by atoms with Crippen LogP contribution in [0.2, 0.25) is 0 Å². The van der Waals surface area contributed by atoms with Crippen LogP contribution >= 0.6 is 12.4 Å². The topological polar surface area (TPSA) is 64.8 Å². The van der Waals surface area contributed by atoms with Crippen molar-refractivity contribution in [3.05, 3.63) is 0 Å². The summed E-state index contributed by atoms with van der Waals surface area (Å²) in [5.74, 6) is 0.0528. The Morgan fingerprint density at radius 2 is 2.00 bits per heavy atom. The van der Waals surface area contributed by atoms with Gasteiger partial charge in [0.15, 0.2) is 0 Å². The molecule has 0 aromatic heterocycles. The monoisotopic (exact) mass is 334 g/mol. The summed E-state index contributed by atoms with van der Waals surface area (Å²) < 4.78 is 11.5. The van der Waals surface area contributed by atoms with Crippen LogP contribution in [-0.2, 0) is 14.3 Å². The van der Waals surface area contributed by atoms with Crippen LogP contribution < -0.4 is 5.73 Å². The van der Waals surface area contributed by atoms with Crippen LogP contribution in [0.4, 0.5) is 0 Å². The third-order valence-corrected chi connectivity index (χ3v) is 5.28. The minimum atomic E-state index is -0.817. The van der Waals surface area contributed by atoms with E-state index in [0.29, 0.717) is 26.1 Å². The lowest BCUT2D eigenvalue weighted by Crippen LogP contribution is -2.76. The molecule has 1 heterocycles. The van der Waals surface area contributed by atoms with E-state index in [1.807, 2.05) is 32.6 Å². The van der Waals surface area contributed by atoms with Gasteiger partial charge in [-0.1, -0.05) is 20.8 Å². The van der Waals surface area contributed by atoms with Crippen LogP contribution in [0.1, 0.15) is 47.5 Å². The molecule has 2 N–H and O–H groups in total. The maximum Gasteiger partial charge on any atom is 0.243 e. The van der Waals surface area contributed by atoms with Crippen molar-refractivity contribution in [3.63, 3.8) is 0 Å². The lowest BCUT2D eigenvalue weighted by molar-refractivity contribution is -0.186. The molecule has 6 heteroatoms. The first-order chi connectivity index (χ1) is 9.76. The van der Waals surface area contributed by atoms with E-state index in [1.165, 1.54) is 0 Å². The first kappa shape index (κ1) is 19.7. The Morgan fingerprint density at radius 1 is 1.36 bits per heavy atom. The molecule has 5 nitrogen and oxygen atoms in total. The van der Waals surface area contributed by atoms with Crippen molar-refractivity contribution in [2.45, 2.75) is 71.3 Å². The Hall–Kier alpha value is -0.360. The highest BCUT2D eigenvalue weighted by molar-refractivity contribution is 5.89. The van der Waals surface area contributed by atoms with Crippen LogP contribution in [0, 0.1) is 5.41 Å². The average molecular weight is 335 g/mol. The summed E-state index contributed by atoms with van der Waals surface area (Å²) in [6.45, 7) is 12.1. The van der Waals surface area contributed by atoms with Crippen molar-refractivity contribution >= 4 is 18.3 Å². The first-order valence-corrected chi connectivity index (χ1v) is 8.11. The Labute approximate surface area is 140 Å². The molecule has 0 aromatic rings. The van der Waals surface area contributed by atoms with Gasteiger partial charge in [-0.3, -0.25) is 4.79 Å². The molecule has 1 aliphatic heterocycles. The van der Waals surface area contributed by atoms with Crippen molar-refractivity contribution in [2.75, 3.05) is 19.7 Å². The molecular formula is C16H31ClN2O3. The van der Waals surface area contributed by atoms with Crippen molar-refractivity contribution in [1.29, 1.82) is 0 Å². The molecule has 1 amide bonds. The fourth-order valence-electron chi connectivity index (χ4n) is 3.52. The van der Waals surface area contributed by atoms with Gasteiger partial charge in [-0.05, 0) is 20.3 Å². The molecule has 130 valence electrons. The van der Waals surface area contributed by atoms with E-state index in [1.54, 1.807) is 0 Å². The van der Waals surface area contributed by atoms with Gasteiger partial charge in [0.2, 0.25) is 5.91 Å². The second kappa shape index (κ2) is 7.04. The van der Waals surface area contributed by atoms with Crippen molar-refractivity contribution in [3.8, 4) is 0 Å². The number of halogens is 1. The molecule has 0 bridgehead atoms. The minimum absolute atomic E-state index is 0. The van der Waals surface area contributed by atoms with Gasteiger partial charge in [0.25, 0.3) is 0 Å². The van der Waals surface area contributed by atoms with Gasteiger partial charge < -0.3 is 20.1 Å². The van der Waals surface area contributed by atoms with Gasteiger partial charge in [0.05, 0.1) is 18.3 Å². The maximum atomic E-state index is 13.0. The summed E-state index contributed by atoms with van der Waals surface area (Å²) in [5.41, 5.74) is 5.35. The number of rotatable bonds is 4. The highest BCUT2D eigenvalue weighted by Gasteiger charge is 2.64. The fraction of sp³-hybridized carbons (Fsp3) is 0.938. The number of ether oxygens (including phenoxy) is 2. The van der Waals surface area contributed by atoms with Crippen molar-refractivity contribution in [1.82, 2.24) is 4.90 Å². The Balaban J connectivity index is 0.00000242. The van der Waals surface area contributed by atoms with E-state index in [0.717, 1.165) is 6.42 Å². The van der Waals surface area contributed by atoms with E-state index < -0.39 is 5.54 Å². The first-order valence-electron chi connectivity index (χ1n) is 8.11. The van der Waals surface area contributed by atoms with Crippen molar-refractivity contribution in [2.24, 2.45) is 11.1 Å². The smallest absolute Gasteiger partial charge is 0.243 e. The van der Waals surface area contributed by atoms with E-state index >= 15 is 0 Å². The zero-order valence-electron chi connectivity index (χ0n) is 14.4. The van der Waals surface area contributed by atoms with Gasteiger partial charge in [-0.2, -0.15) is 0 Å². The highest BCUT2D eigenvalue weighted by atomic mass is 35.5. The lowest BCUT2D eigenvalue weighted by Gasteiger charge is -2.59. The zero-order valence-corrected chi connectivity index (χ0v) is 15.2. The predicted molar refractivity (Wildman–Crippen MR) is 89.2 cm³/mol. The standard InChI is InChI=1S/C16H30N2O3.ClH/c1-6-12-10-18(9-11(3)21-12)14(19)16(17)8-13(20-7-2)15(16,4)5;/h11-13H,6-10,17H2,1-5H3;1H. The van der Waals surface area contributed by atoms with Gasteiger partial charge in [-0.15, -0.1) is 12.4 Å². The number of amides is 1. The van der Waals surface area contributed by atoms with Gasteiger partial charge in [-0.25, -0.2) is 0 Å². The van der Waals surface area contributed by atoms with Gasteiger partial charge in [0.1, 0.15) is 5.54 Å². The Bertz CT molecular complexity index is 405. The third-order valence-electron chi connectivity index (χ3n) is 5.28. The molecule has 2 aliphatic rings. The molecule has 22 heavy (non-hydrogen) atoms. The summed E-state index contributed by atoms with van der Waals surface area (Å²) in [4.78, 5) is 14.9. The van der Waals surface area contributed by atoms with Crippen LogP contribution in [0.15, 0.2) is 0 Å². The molecular weight excluding hydrogens is 304 g/mol. The van der Waals surface area contributed by atoms with Crippen LogP contribution in [0.5, 0.6) is 0 Å². The fourth-order valence-corrected chi connectivity index (χ4v) is 3.52. The Kier molecular flexibility index (Phi) is 6.30. The highest BCUT2D eigenvalue weighted by Crippen LogP contribution is 2.50. The third kappa shape index (κ3) is 3.14. The maximum absolute atomic E-state index is 13.0. The zero-order chi connectivity index (χ0) is 15.8. The number of nitrogens with two attached hydrogens (primary N) is 1. The summed E-state index contributed by atoms with van der Waals surface area (Å²) in [5, 5.41) is 0. The van der Waals surface area contributed by atoms with E-state index in [2.05, 4.69) is 6.92 Å². The minimum Gasteiger partial charge on any atom is -0.378 e. The molecule has 2 fully saturated rings. The molecule has 0 radical (unpaired) electrons. The quantitative estimate of drug-likeness (QED) is 0.853. The summed E-state index contributed by atoms with van der Waals surface area (Å²) in [7, 11) is 0. The summed E-state index contributed by atoms with van der Waals surface area (Å²) >= 11 is 0.